The van der Waals surface area contributed by atoms with Gasteiger partial charge in [-0.15, -0.1) is 0 Å². The van der Waals surface area contributed by atoms with Crippen molar-refractivity contribution in [3.63, 3.8) is 0 Å². The molecule has 0 aromatic heterocycles. The molecule has 2 saturated heterocycles. The van der Waals surface area contributed by atoms with Crippen molar-refractivity contribution < 1.29 is 18.7 Å². The summed E-state index contributed by atoms with van der Waals surface area (Å²) in [5, 5.41) is 6.98. The Morgan fingerprint density at radius 2 is 1.79 bits per heavy atom. The normalized spacial score (nSPS) is 17.6. The van der Waals surface area contributed by atoms with Crippen LogP contribution in [-0.4, -0.2) is 111 Å². The summed E-state index contributed by atoms with van der Waals surface area (Å²) < 4.78 is 20.2. The number of ether oxygens (including phenoxy) is 1. The minimum absolute atomic E-state index is 0.0115. The highest BCUT2D eigenvalue weighted by atomic mass is 35.5. The van der Waals surface area contributed by atoms with Gasteiger partial charge < -0.3 is 42.4 Å². The molecular formula is C35H54ClFN8O3. The fourth-order valence-electron chi connectivity index (χ4n) is 6.48. The van der Waals surface area contributed by atoms with Crippen molar-refractivity contribution >= 4 is 29.1 Å². The Morgan fingerprint density at radius 3 is 2.50 bits per heavy atom. The third-order valence-electron chi connectivity index (χ3n) is 9.43. The Balaban J connectivity index is 1.18. The van der Waals surface area contributed by atoms with Gasteiger partial charge in [-0.1, -0.05) is 17.7 Å². The average molecular weight is 689 g/mol. The summed E-state index contributed by atoms with van der Waals surface area (Å²) in [6.45, 7) is 9.47. The van der Waals surface area contributed by atoms with E-state index in [9.17, 15) is 14.0 Å². The summed E-state index contributed by atoms with van der Waals surface area (Å²) in [6, 6.07) is 9.69. The number of carbonyl (C=O) groups excluding carboxylic acids is 2. The molecule has 8 N–H and O–H groups in total. The number of nitrogens with two attached hydrogens (primary N) is 3. The first-order valence-electron chi connectivity index (χ1n) is 17.3. The second-order valence-corrected chi connectivity index (χ2v) is 13.2. The van der Waals surface area contributed by atoms with Gasteiger partial charge in [0.2, 0.25) is 11.8 Å². The summed E-state index contributed by atoms with van der Waals surface area (Å²) in [6.07, 6.45) is 3.85. The fourth-order valence-corrected chi connectivity index (χ4v) is 6.68. The third-order valence-corrected chi connectivity index (χ3v) is 9.66. The SMILES string of the molecule is CCOc1cccc(F)c1CN1CCN(C(=O)[C@H](N)C2CCN(CCc3cc(Cl)ccc3NCCNC(=O)[C@@H](N)CCCN)CC2)CC1. The second kappa shape index (κ2) is 19.3. The summed E-state index contributed by atoms with van der Waals surface area (Å²) in [4.78, 5) is 32.0. The zero-order chi connectivity index (χ0) is 34.5. The average Bonchev–Trinajstić information content (AvgIpc) is 3.10. The first-order chi connectivity index (χ1) is 23.2. The van der Waals surface area contributed by atoms with Crippen LogP contribution in [0.2, 0.25) is 5.02 Å². The van der Waals surface area contributed by atoms with E-state index >= 15 is 0 Å². The summed E-state index contributed by atoms with van der Waals surface area (Å²) in [5.41, 5.74) is 20.7. The number of hydrogen-bond donors (Lipinski definition) is 5. The summed E-state index contributed by atoms with van der Waals surface area (Å²) in [5.74, 6) is 0.295. The minimum atomic E-state index is -0.541. The lowest BCUT2D eigenvalue weighted by atomic mass is 9.88. The van der Waals surface area contributed by atoms with Gasteiger partial charge in [0.05, 0.1) is 18.7 Å². The van der Waals surface area contributed by atoms with Crippen molar-refractivity contribution in [2.45, 2.75) is 57.7 Å². The van der Waals surface area contributed by atoms with E-state index in [2.05, 4.69) is 20.4 Å². The van der Waals surface area contributed by atoms with Crippen LogP contribution < -0.4 is 32.6 Å². The minimum Gasteiger partial charge on any atom is -0.493 e. The van der Waals surface area contributed by atoms with Crippen LogP contribution in [0.5, 0.6) is 5.75 Å². The topological polar surface area (TPSA) is 155 Å². The molecule has 0 radical (unpaired) electrons. The van der Waals surface area contributed by atoms with Crippen LogP contribution in [0.1, 0.15) is 43.7 Å². The van der Waals surface area contributed by atoms with Gasteiger partial charge in [0.25, 0.3) is 0 Å². The van der Waals surface area contributed by atoms with E-state index in [-0.39, 0.29) is 23.5 Å². The molecule has 2 aromatic rings. The molecule has 11 nitrogen and oxygen atoms in total. The van der Waals surface area contributed by atoms with Crippen LogP contribution in [0.4, 0.5) is 10.1 Å². The molecule has 0 unspecified atom stereocenters. The van der Waals surface area contributed by atoms with E-state index in [1.807, 2.05) is 30.0 Å². The van der Waals surface area contributed by atoms with E-state index < -0.39 is 12.1 Å². The van der Waals surface area contributed by atoms with Gasteiger partial charge >= 0.3 is 0 Å². The smallest absolute Gasteiger partial charge is 0.239 e. The molecule has 2 atom stereocenters. The van der Waals surface area contributed by atoms with Crippen molar-refractivity contribution in [3.05, 3.63) is 58.4 Å². The zero-order valence-corrected chi connectivity index (χ0v) is 29.0. The summed E-state index contributed by atoms with van der Waals surface area (Å²) >= 11 is 6.34. The van der Waals surface area contributed by atoms with Crippen molar-refractivity contribution in [3.8, 4) is 5.75 Å². The number of amides is 2. The predicted octanol–water partition coefficient (Wildman–Crippen LogP) is 2.40. The molecule has 13 heteroatoms. The molecule has 2 heterocycles. The van der Waals surface area contributed by atoms with Gasteiger partial charge in [-0.05, 0) is 100 Å². The molecule has 0 bridgehead atoms. The number of anilines is 1. The number of piperidine rings is 1. The van der Waals surface area contributed by atoms with Crippen molar-refractivity contribution in [2.24, 2.45) is 23.1 Å². The monoisotopic (exact) mass is 688 g/mol. The Bertz CT molecular complexity index is 1320. The molecule has 266 valence electrons. The maximum Gasteiger partial charge on any atom is 0.239 e. The Hall–Kier alpha value is -3.00. The van der Waals surface area contributed by atoms with Crippen LogP contribution in [-0.2, 0) is 22.6 Å². The van der Waals surface area contributed by atoms with Crippen molar-refractivity contribution in [1.82, 2.24) is 20.0 Å². The van der Waals surface area contributed by atoms with E-state index in [0.29, 0.717) is 81.7 Å². The Morgan fingerprint density at radius 1 is 1.04 bits per heavy atom. The first-order valence-corrected chi connectivity index (χ1v) is 17.7. The van der Waals surface area contributed by atoms with Crippen LogP contribution in [0.15, 0.2) is 36.4 Å². The molecule has 48 heavy (non-hydrogen) atoms. The van der Waals surface area contributed by atoms with Gasteiger partial charge in [-0.25, -0.2) is 4.39 Å². The maximum absolute atomic E-state index is 14.6. The molecule has 0 saturated carbocycles. The molecule has 2 amide bonds. The zero-order valence-electron chi connectivity index (χ0n) is 28.3. The molecular weight excluding hydrogens is 635 g/mol. The van der Waals surface area contributed by atoms with Crippen LogP contribution in [0, 0.1) is 11.7 Å². The number of halogens is 2. The van der Waals surface area contributed by atoms with Gasteiger partial charge in [-0.3, -0.25) is 14.5 Å². The van der Waals surface area contributed by atoms with Crippen molar-refractivity contribution in [1.29, 1.82) is 0 Å². The number of piperazine rings is 1. The van der Waals surface area contributed by atoms with E-state index in [4.69, 9.17) is 33.5 Å². The van der Waals surface area contributed by atoms with E-state index in [1.165, 1.54) is 6.07 Å². The highest BCUT2D eigenvalue weighted by Gasteiger charge is 2.33. The van der Waals surface area contributed by atoms with E-state index in [1.54, 1.807) is 12.1 Å². The number of nitrogens with zero attached hydrogens (tertiary/aromatic N) is 3. The molecule has 4 rings (SSSR count). The number of nitrogens with one attached hydrogen (secondary N) is 2. The fraction of sp³-hybridized carbons (Fsp3) is 0.600. The number of likely N-dealkylation sites (tertiary alicyclic amines) is 1. The Labute approximate surface area is 289 Å². The largest absolute Gasteiger partial charge is 0.493 e. The van der Waals surface area contributed by atoms with Gasteiger partial charge in [0, 0.05) is 68.6 Å². The lowest BCUT2D eigenvalue weighted by Crippen LogP contribution is -2.55. The second-order valence-electron chi connectivity index (χ2n) is 12.8. The number of benzene rings is 2. The molecule has 0 aliphatic carbocycles. The van der Waals surface area contributed by atoms with Crippen LogP contribution in [0.3, 0.4) is 0 Å². The van der Waals surface area contributed by atoms with Gasteiger partial charge in [-0.2, -0.15) is 0 Å². The molecule has 0 spiro atoms. The first kappa shape index (κ1) is 37.8. The molecule has 2 aliphatic rings. The van der Waals surface area contributed by atoms with Crippen molar-refractivity contribution in [2.75, 3.05) is 77.4 Å². The summed E-state index contributed by atoms with van der Waals surface area (Å²) in [7, 11) is 0. The van der Waals surface area contributed by atoms with Gasteiger partial charge in [0.15, 0.2) is 0 Å². The lowest BCUT2D eigenvalue weighted by Gasteiger charge is -2.39. The number of hydrogen-bond acceptors (Lipinski definition) is 9. The molecule has 2 fully saturated rings. The van der Waals surface area contributed by atoms with Crippen LogP contribution >= 0.6 is 11.6 Å². The maximum atomic E-state index is 14.6. The predicted molar refractivity (Wildman–Crippen MR) is 189 cm³/mol. The quantitative estimate of drug-likeness (QED) is 0.158. The number of rotatable bonds is 17. The van der Waals surface area contributed by atoms with Gasteiger partial charge in [0.1, 0.15) is 11.6 Å². The number of carbonyl (C=O) groups is 2. The van der Waals surface area contributed by atoms with Crippen LogP contribution in [0.25, 0.3) is 0 Å². The highest BCUT2D eigenvalue weighted by molar-refractivity contribution is 6.30. The Kier molecular flexibility index (Phi) is 15.2. The lowest BCUT2D eigenvalue weighted by molar-refractivity contribution is -0.136. The van der Waals surface area contributed by atoms with E-state index in [0.717, 1.165) is 56.6 Å². The third kappa shape index (κ3) is 11.0. The highest BCUT2D eigenvalue weighted by Crippen LogP contribution is 2.26. The molecule has 2 aromatic carbocycles. The molecule has 2 aliphatic heterocycles. The standard InChI is InChI=1S/C35H54ClFN8O3/c1-2-48-32-7-3-5-29(37)28(32)24-44-19-21-45(22-20-44)35(47)33(40)25-10-16-43(17-11-25)18-12-26-23-27(36)8-9-31(26)41-14-15-42-34(46)30(39)6-4-13-38/h3,5,7-9,23,25,30,33,41H,2,4,6,10-22,24,38-40H2,1H3,(H,42,46)/t30-,33+/m0/s1.